The SMILES string of the molecule is Cc1nn(-c2ccccc2)c(C)c1NC(=O)NC1CCS(=O)(=O)C1. The van der Waals surface area contributed by atoms with Crippen molar-refractivity contribution in [3.63, 3.8) is 0 Å². The van der Waals surface area contributed by atoms with Gasteiger partial charge in [0.05, 0.1) is 34.3 Å². The average Bonchev–Trinajstić information content (AvgIpc) is 3.01. The molecule has 1 saturated heterocycles. The molecule has 2 heterocycles. The van der Waals surface area contributed by atoms with Crippen LogP contribution in [0.4, 0.5) is 10.5 Å². The highest BCUT2D eigenvalue weighted by atomic mass is 32.2. The first kappa shape index (κ1) is 16.5. The number of nitrogens with zero attached hydrogens (tertiary/aromatic N) is 2. The zero-order chi connectivity index (χ0) is 17.3. The molecule has 2 N–H and O–H groups in total. The van der Waals surface area contributed by atoms with Crippen LogP contribution in [-0.4, -0.2) is 41.8 Å². The zero-order valence-corrected chi connectivity index (χ0v) is 14.4. The normalized spacial score (nSPS) is 19.2. The minimum atomic E-state index is -3.02. The number of amides is 2. The van der Waals surface area contributed by atoms with Gasteiger partial charge in [-0.05, 0) is 32.4 Å². The summed E-state index contributed by atoms with van der Waals surface area (Å²) in [5.41, 5.74) is 3.06. The molecule has 0 spiro atoms. The molecule has 0 radical (unpaired) electrons. The number of anilines is 1. The lowest BCUT2D eigenvalue weighted by Gasteiger charge is -2.12. The summed E-state index contributed by atoms with van der Waals surface area (Å²) >= 11 is 0. The van der Waals surface area contributed by atoms with Gasteiger partial charge in [0.15, 0.2) is 9.84 Å². The third-order valence-electron chi connectivity index (χ3n) is 4.10. The van der Waals surface area contributed by atoms with Crippen LogP contribution in [0.25, 0.3) is 5.69 Å². The van der Waals surface area contributed by atoms with Gasteiger partial charge in [-0.1, -0.05) is 18.2 Å². The van der Waals surface area contributed by atoms with E-state index in [1.54, 1.807) is 4.68 Å². The lowest BCUT2D eigenvalue weighted by molar-refractivity contribution is 0.249. The smallest absolute Gasteiger partial charge is 0.319 e. The number of urea groups is 1. The average molecular weight is 348 g/mol. The van der Waals surface area contributed by atoms with Crippen LogP contribution < -0.4 is 10.6 Å². The minimum absolute atomic E-state index is 0.00165. The van der Waals surface area contributed by atoms with Gasteiger partial charge >= 0.3 is 6.03 Å². The minimum Gasteiger partial charge on any atom is -0.334 e. The van der Waals surface area contributed by atoms with Crippen molar-refractivity contribution in [2.75, 3.05) is 16.8 Å². The van der Waals surface area contributed by atoms with Gasteiger partial charge in [-0.15, -0.1) is 0 Å². The van der Waals surface area contributed by atoms with Crippen molar-refractivity contribution >= 4 is 21.6 Å². The molecule has 0 saturated carbocycles. The van der Waals surface area contributed by atoms with Crippen molar-refractivity contribution in [1.29, 1.82) is 0 Å². The summed E-state index contributed by atoms with van der Waals surface area (Å²) in [5.74, 6) is 0.129. The van der Waals surface area contributed by atoms with E-state index >= 15 is 0 Å². The van der Waals surface area contributed by atoms with E-state index in [1.807, 2.05) is 44.2 Å². The first-order valence-electron chi connectivity index (χ1n) is 7.75. The summed E-state index contributed by atoms with van der Waals surface area (Å²) in [6.45, 7) is 3.70. The quantitative estimate of drug-likeness (QED) is 0.884. The van der Waals surface area contributed by atoms with E-state index in [9.17, 15) is 13.2 Å². The van der Waals surface area contributed by atoms with Gasteiger partial charge in [0.25, 0.3) is 0 Å². The second-order valence-corrected chi connectivity index (χ2v) is 8.22. The molecule has 128 valence electrons. The molecule has 3 rings (SSSR count). The molecule has 1 aliphatic rings. The highest BCUT2D eigenvalue weighted by Gasteiger charge is 2.29. The Balaban J connectivity index is 1.74. The molecule has 7 nitrogen and oxygen atoms in total. The van der Waals surface area contributed by atoms with Gasteiger partial charge in [-0.2, -0.15) is 5.10 Å². The summed E-state index contributed by atoms with van der Waals surface area (Å²) in [7, 11) is -3.02. The number of benzene rings is 1. The number of carbonyl (C=O) groups excluding carboxylic acids is 1. The Bertz CT molecular complexity index is 859. The van der Waals surface area contributed by atoms with Gasteiger partial charge in [0.2, 0.25) is 0 Å². The molecule has 2 amide bonds. The van der Waals surface area contributed by atoms with E-state index in [-0.39, 0.29) is 17.5 Å². The van der Waals surface area contributed by atoms with E-state index in [1.165, 1.54) is 0 Å². The van der Waals surface area contributed by atoms with Crippen molar-refractivity contribution in [1.82, 2.24) is 15.1 Å². The number of aromatic nitrogens is 2. The van der Waals surface area contributed by atoms with Crippen molar-refractivity contribution in [2.45, 2.75) is 26.3 Å². The zero-order valence-electron chi connectivity index (χ0n) is 13.6. The van der Waals surface area contributed by atoms with Gasteiger partial charge < -0.3 is 10.6 Å². The molecule has 1 unspecified atom stereocenters. The lowest BCUT2D eigenvalue weighted by Crippen LogP contribution is -2.38. The van der Waals surface area contributed by atoms with Crippen LogP contribution in [0.2, 0.25) is 0 Å². The Morgan fingerprint density at radius 3 is 2.58 bits per heavy atom. The maximum atomic E-state index is 12.2. The molecule has 8 heteroatoms. The number of nitrogens with one attached hydrogen (secondary N) is 2. The second kappa shape index (κ2) is 6.27. The number of para-hydroxylation sites is 1. The Morgan fingerprint density at radius 2 is 1.96 bits per heavy atom. The third kappa shape index (κ3) is 3.43. The highest BCUT2D eigenvalue weighted by molar-refractivity contribution is 7.91. The van der Waals surface area contributed by atoms with Crippen LogP contribution in [0.3, 0.4) is 0 Å². The van der Waals surface area contributed by atoms with Crippen molar-refractivity contribution < 1.29 is 13.2 Å². The van der Waals surface area contributed by atoms with Crippen molar-refractivity contribution in [3.8, 4) is 5.69 Å². The fraction of sp³-hybridized carbons (Fsp3) is 0.375. The number of aryl methyl sites for hydroxylation is 1. The van der Waals surface area contributed by atoms with Crippen molar-refractivity contribution in [3.05, 3.63) is 41.7 Å². The van der Waals surface area contributed by atoms with Crippen LogP contribution >= 0.6 is 0 Å². The van der Waals surface area contributed by atoms with E-state index in [0.29, 0.717) is 17.8 Å². The molecule has 1 aromatic carbocycles. The molecule has 2 aromatic rings. The fourth-order valence-corrected chi connectivity index (χ4v) is 4.56. The summed E-state index contributed by atoms with van der Waals surface area (Å²) in [6.07, 6.45) is 0.455. The maximum absolute atomic E-state index is 12.2. The third-order valence-corrected chi connectivity index (χ3v) is 5.87. The number of hydrogen-bond donors (Lipinski definition) is 2. The Morgan fingerprint density at radius 1 is 1.25 bits per heavy atom. The molecule has 0 bridgehead atoms. The van der Waals surface area contributed by atoms with E-state index in [2.05, 4.69) is 15.7 Å². The summed E-state index contributed by atoms with van der Waals surface area (Å²) in [6, 6.07) is 8.91. The molecule has 1 aliphatic heterocycles. The van der Waals surface area contributed by atoms with E-state index in [0.717, 1.165) is 11.4 Å². The molecule has 24 heavy (non-hydrogen) atoms. The van der Waals surface area contributed by atoms with Gasteiger partial charge in [-0.3, -0.25) is 0 Å². The van der Waals surface area contributed by atoms with Crippen LogP contribution in [-0.2, 0) is 9.84 Å². The molecular weight excluding hydrogens is 328 g/mol. The van der Waals surface area contributed by atoms with Gasteiger partial charge in [-0.25, -0.2) is 17.9 Å². The first-order valence-corrected chi connectivity index (χ1v) is 9.57. The van der Waals surface area contributed by atoms with Crippen LogP contribution in [0, 0.1) is 13.8 Å². The molecule has 1 fully saturated rings. The second-order valence-electron chi connectivity index (χ2n) is 5.99. The maximum Gasteiger partial charge on any atom is 0.319 e. The highest BCUT2D eigenvalue weighted by Crippen LogP contribution is 2.22. The Kier molecular flexibility index (Phi) is 4.31. The van der Waals surface area contributed by atoms with Gasteiger partial charge in [0, 0.05) is 6.04 Å². The van der Waals surface area contributed by atoms with E-state index < -0.39 is 15.9 Å². The number of carbonyl (C=O) groups is 1. The lowest BCUT2D eigenvalue weighted by atomic mass is 10.2. The molecule has 0 aliphatic carbocycles. The monoisotopic (exact) mass is 348 g/mol. The number of sulfone groups is 1. The summed E-state index contributed by atoms with van der Waals surface area (Å²) in [4.78, 5) is 12.2. The topological polar surface area (TPSA) is 93.1 Å². The van der Waals surface area contributed by atoms with Crippen molar-refractivity contribution in [2.24, 2.45) is 0 Å². The summed E-state index contributed by atoms with van der Waals surface area (Å²) < 4.78 is 24.7. The molecule has 1 aromatic heterocycles. The predicted octanol–water partition coefficient (Wildman–Crippen LogP) is 1.80. The number of hydrogen-bond acceptors (Lipinski definition) is 4. The first-order chi connectivity index (χ1) is 11.4. The van der Waals surface area contributed by atoms with Crippen LogP contribution in [0.1, 0.15) is 17.8 Å². The Labute approximate surface area is 141 Å². The van der Waals surface area contributed by atoms with Crippen LogP contribution in [0.5, 0.6) is 0 Å². The van der Waals surface area contributed by atoms with Crippen LogP contribution in [0.15, 0.2) is 30.3 Å². The number of rotatable bonds is 3. The predicted molar refractivity (Wildman–Crippen MR) is 92.3 cm³/mol. The van der Waals surface area contributed by atoms with E-state index in [4.69, 9.17) is 0 Å². The molecule has 1 atom stereocenters. The molecular formula is C16H20N4O3S. The largest absolute Gasteiger partial charge is 0.334 e. The Hall–Kier alpha value is -2.35. The standard InChI is InChI=1S/C16H20N4O3S/c1-11-15(12(2)20(19-11)14-6-4-3-5-7-14)18-16(21)17-13-8-9-24(22,23)10-13/h3-7,13H,8-10H2,1-2H3,(H2,17,18,21). The fourth-order valence-electron chi connectivity index (χ4n) is 2.89. The summed E-state index contributed by atoms with van der Waals surface area (Å²) in [5, 5.41) is 9.98. The van der Waals surface area contributed by atoms with Gasteiger partial charge in [0.1, 0.15) is 0 Å².